The van der Waals surface area contributed by atoms with Crippen LogP contribution in [0.5, 0.6) is 0 Å². The summed E-state index contributed by atoms with van der Waals surface area (Å²) >= 11 is 0. The average molecular weight is 346 g/mol. The lowest BCUT2D eigenvalue weighted by atomic mass is 9.99. The number of hydrogen-bond donors (Lipinski definition) is 1. The summed E-state index contributed by atoms with van der Waals surface area (Å²) in [5.74, 6) is 1.53. The van der Waals surface area contributed by atoms with Crippen molar-refractivity contribution in [3.8, 4) is 0 Å². The molecular weight excluding hydrogens is 320 g/mol. The van der Waals surface area contributed by atoms with Gasteiger partial charge in [-0.15, -0.1) is 0 Å². The first-order valence-electron chi connectivity index (χ1n) is 9.23. The SMILES string of the molecule is C[C@H]1CN(C(=O)NCCc2cnc(C3CC3)nc2)C[C@@]2(CCOC2)O1. The van der Waals surface area contributed by atoms with Crippen molar-refractivity contribution in [2.75, 3.05) is 32.8 Å². The minimum absolute atomic E-state index is 0.0306. The van der Waals surface area contributed by atoms with Gasteiger partial charge in [0.2, 0.25) is 0 Å². The molecule has 7 heteroatoms. The van der Waals surface area contributed by atoms with Crippen LogP contribution in [-0.4, -0.2) is 65.5 Å². The van der Waals surface area contributed by atoms with Crippen molar-refractivity contribution in [2.45, 2.75) is 50.2 Å². The Morgan fingerprint density at radius 1 is 1.40 bits per heavy atom. The quantitative estimate of drug-likeness (QED) is 0.894. The molecule has 136 valence electrons. The molecule has 1 spiro atoms. The lowest BCUT2D eigenvalue weighted by Crippen LogP contribution is -2.59. The van der Waals surface area contributed by atoms with Crippen molar-refractivity contribution in [2.24, 2.45) is 0 Å². The van der Waals surface area contributed by atoms with Crippen LogP contribution >= 0.6 is 0 Å². The molecule has 4 rings (SSSR count). The van der Waals surface area contributed by atoms with E-state index in [1.165, 1.54) is 12.8 Å². The first-order chi connectivity index (χ1) is 12.1. The highest BCUT2D eigenvalue weighted by molar-refractivity contribution is 5.74. The molecule has 2 saturated heterocycles. The summed E-state index contributed by atoms with van der Waals surface area (Å²) in [7, 11) is 0. The molecule has 1 aromatic heterocycles. The van der Waals surface area contributed by atoms with Gasteiger partial charge in [-0.25, -0.2) is 14.8 Å². The second-order valence-electron chi connectivity index (χ2n) is 7.50. The molecule has 0 radical (unpaired) electrons. The smallest absolute Gasteiger partial charge is 0.317 e. The van der Waals surface area contributed by atoms with Crippen molar-refractivity contribution in [3.05, 3.63) is 23.8 Å². The van der Waals surface area contributed by atoms with E-state index in [4.69, 9.17) is 9.47 Å². The first-order valence-corrected chi connectivity index (χ1v) is 9.23. The van der Waals surface area contributed by atoms with Gasteiger partial charge in [-0.2, -0.15) is 0 Å². The van der Waals surface area contributed by atoms with Crippen LogP contribution in [0.25, 0.3) is 0 Å². The number of morpholine rings is 1. The largest absolute Gasteiger partial charge is 0.378 e. The second kappa shape index (κ2) is 6.88. The zero-order chi connectivity index (χ0) is 17.3. The molecule has 2 amide bonds. The van der Waals surface area contributed by atoms with Gasteiger partial charge in [0.05, 0.1) is 19.3 Å². The van der Waals surface area contributed by atoms with Crippen LogP contribution in [-0.2, 0) is 15.9 Å². The second-order valence-corrected chi connectivity index (χ2v) is 7.50. The summed E-state index contributed by atoms with van der Waals surface area (Å²) in [4.78, 5) is 23.2. The van der Waals surface area contributed by atoms with E-state index in [-0.39, 0.29) is 17.7 Å². The molecule has 1 N–H and O–H groups in total. The first kappa shape index (κ1) is 16.7. The van der Waals surface area contributed by atoms with Gasteiger partial charge in [0, 0.05) is 44.4 Å². The molecule has 0 bridgehead atoms. The number of amides is 2. The number of ether oxygens (including phenoxy) is 2. The van der Waals surface area contributed by atoms with Gasteiger partial charge in [0.15, 0.2) is 0 Å². The molecule has 7 nitrogen and oxygen atoms in total. The zero-order valence-electron chi connectivity index (χ0n) is 14.7. The van der Waals surface area contributed by atoms with Gasteiger partial charge in [-0.1, -0.05) is 0 Å². The summed E-state index contributed by atoms with van der Waals surface area (Å²) in [5.41, 5.74) is 0.738. The summed E-state index contributed by atoms with van der Waals surface area (Å²) in [6.07, 6.45) is 7.81. The predicted molar refractivity (Wildman–Crippen MR) is 91.4 cm³/mol. The van der Waals surface area contributed by atoms with Crippen LogP contribution in [0, 0.1) is 0 Å². The number of carbonyl (C=O) groups excluding carboxylic acids is 1. The summed E-state index contributed by atoms with van der Waals surface area (Å²) in [5, 5.41) is 3.01. The van der Waals surface area contributed by atoms with Crippen LogP contribution in [0.4, 0.5) is 4.79 Å². The van der Waals surface area contributed by atoms with Gasteiger partial charge < -0.3 is 19.7 Å². The Morgan fingerprint density at radius 2 is 2.20 bits per heavy atom. The Kier molecular flexibility index (Phi) is 4.60. The third-order valence-corrected chi connectivity index (χ3v) is 5.12. The zero-order valence-corrected chi connectivity index (χ0v) is 14.7. The molecule has 1 saturated carbocycles. The fourth-order valence-electron chi connectivity index (χ4n) is 3.66. The highest BCUT2D eigenvalue weighted by Crippen LogP contribution is 2.37. The Bertz CT molecular complexity index is 611. The molecule has 1 aromatic rings. The van der Waals surface area contributed by atoms with E-state index in [1.54, 1.807) is 0 Å². The molecule has 2 atom stereocenters. The van der Waals surface area contributed by atoms with Gasteiger partial charge in [-0.3, -0.25) is 0 Å². The monoisotopic (exact) mass is 346 g/mol. The Hall–Kier alpha value is -1.73. The summed E-state index contributed by atoms with van der Waals surface area (Å²) in [6, 6.07) is -0.0306. The fraction of sp³-hybridized carbons (Fsp3) is 0.722. The highest BCUT2D eigenvalue weighted by Gasteiger charge is 2.43. The molecule has 3 fully saturated rings. The van der Waals surface area contributed by atoms with Crippen LogP contribution in [0.3, 0.4) is 0 Å². The van der Waals surface area contributed by atoms with E-state index in [0.717, 1.165) is 24.2 Å². The number of nitrogens with zero attached hydrogens (tertiary/aromatic N) is 3. The Labute approximate surface area is 148 Å². The van der Waals surface area contributed by atoms with Crippen LogP contribution < -0.4 is 5.32 Å². The van der Waals surface area contributed by atoms with Crippen LogP contribution in [0.15, 0.2) is 12.4 Å². The van der Waals surface area contributed by atoms with E-state index in [1.807, 2.05) is 24.2 Å². The van der Waals surface area contributed by atoms with Crippen molar-refractivity contribution in [3.63, 3.8) is 0 Å². The maximum absolute atomic E-state index is 12.5. The molecule has 3 heterocycles. The molecule has 25 heavy (non-hydrogen) atoms. The van der Waals surface area contributed by atoms with E-state index < -0.39 is 0 Å². The number of hydrogen-bond acceptors (Lipinski definition) is 5. The number of aromatic nitrogens is 2. The number of urea groups is 1. The topological polar surface area (TPSA) is 76.6 Å². The molecule has 0 unspecified atom stereocenters. The Balaban J connectivity index is 1.26. The minimum atomic E-state index is -0.318. The van der Waals surface area contributed by atoms with Crippen molar-refractivity contribution < 1.29 is 14.3 Å². The van der Waals surface area contributed by atoms with Gasteiger partial charge in [-0.05, 0) is 31.7 Å². The summed E-state index contributed by atoms with van der Waals surface area (Å²) in [6.45, 7) is 5.10. The molecule has 0 aromatic carbocycles. The van der Waals surface area contributed by atoms with Crippen molar-refractivity contribution in [1.82, 2.24) is 20.2 Å². The fourth-order valence-corrected chi connectivity index (χ4v) is 3.66. The maximum atomic E-state index is 12.5. The Morgan fingerprint density at radius 3 is 2.88 bits per heavy atom. The number of carbonyl (C=O) groups is 1. The predicted octanol–water partition coefficient (Wildman–Crippen LogP) is 1.49. The summed E-state index contributed by atoms with van der Waals surface area (Å²) < 4.78 is 11.5. The number of rotatable bonds is 4. The van der Waals surface area contributed by atoms with E-state index in [9.17, 15) is 4.79 Å². The van der Waals surface area contributed by atoms with Crippen molar-refractivity contribution >= 4 is 6.03 Å². The minimum Gasteiger partial charge on any atom is -0.378 e. The maximum Gasteiger partial charge on any atom is 0.317 e. The molecule has 3 aliphatic rings. The van der Waals surface area contributed by atoms with Gasteiger partial charge in [0.1, 0.15) is 11.4 Å². The van der Waals surface area contributed by atoms with Gasteiger partial charge in [0.25, 0.3) is 0 Å². The third kappa shape index (κ3) is 3.93. The average Bonchev–Trinajstić information content (AvgIpc) is 3.36. The van der Waals surface area contributed by atoms with E-state index in [2.05, 4.69) is 15.3 Å². The van der Waals surface area contributed by atoms with Crippen LogP contribution in [0.2, 0.25) is 0 Å². The lowest BCUT2D eigenvalue weighted by Gasteiger charge is -2.42. The molecule has 1 aliphatic carbocycles. The number of nitrogens with one attached hydrogen (secondary N) is 1. The molecular formula is C18H26N4O3. The van der Waals surface area contributed by atoms with E-state index >= 15 is 0 Å². The highest BCUT2D eigenvalue weighted by atomic mass is 16.6. The lowest BCUT2D eigenvalue weighted by molar-refractivity contribution is -0.137. The van der Waals surface area contributed by atoms with Gasteiger partial charge >= 0.3 is 6.03 Å². The van der Waals surface area contributed by atoms with E-state index in [0.29, 0.717) is 38.8 Å². The standard InChI is InChI=1S/C18H26N4O3/c1-13-10-22(11-18(25-13)5-7-24-12-18)17(23)19-6-4-14-8-20-16(21-9-14)15-2-3-15/h8-9,13,15H,2-7,10-12H2,1H3,(H,19,23)/t13-,18+/m0/s1. The van der Waals surface area contributed by atoms with Crippen LogP contribution in [0.1, 0.15) is 43.5 Å². The normalized spacial score (nSPS) is 29.2. The third-order valence-electron chi connectivity index (χ3n) is 5.12. The molecule has 2 aliphatic heterocycles. The van der Waals surface area contributed by atoms with Crippen molar-refractivity contribution in [1.29, 1.82) is 0 Å².